The molecule has 3 rings (SSSR count). The van der Waals surface area contributed by atoms with Crippen LogP contribution in [0.15, 0.2) is 58.6 Å². The summed E-state index contributed by atoms with van der Waals surface area (Å²) < 4.78 is 0.382. The van der Waals surface area contributed by atoms with E-state index in [1.54, 1.807) is 24.3 Å². The number of carbonyl (C=O) groups excluding carboxylic acids is 2. The second kappa shape index (κ2) is 4.18. The topological polar surface area (TPSA) is 34.1 Å². The van der Waals surface area contributed by atoms with Crippen molar-refractivity contribution in [2.75, 3.05) is 0 Å². The molecular weight excluding hydrogens is 292 g/mol. The summed E-state index contributed by atoms with van der Waals surface area (Å²) in [5.41, 5.74) is 1.50. The van der Waals surface area contributed by atoms with Crippen LogP contribution in [0.2, 0.25) is 0 Å². The monoisotopic (exact) mass is 300 g/mol. The Labute approximate surface area is 113 Å². The number of carbonyl (C=O) groups is 2. The summed E-state index contributed by atoms with van der Waals surface area (Å²) in [6, 6.07) is 6.94. The number of halogens is 1. The fraction of sp³-hybridized carbons (Fsp3) is 0.0667. The van der Waals surface area contributed by atoms with Crippen LogP contribution in [0, 0.1) is 5.92 Å². The molecule has 0 heterocycles. The third kappa shape index (κ3) is 1.55. The molecule has 3 heteroatoms. The Hall–Kier alpha value is -1.74. The highest BCUT2D eigenvalue weighted by molar-refractivity contribution is 9.12. The smallest absolute Gasteiger partial charge is 0.201 e. The van der Waals surface area contributed by atoms with Crippen molar-refractivity contribution in [3.63, 3.8) is 0 Å². The lowest BCUT2D eigenvalue weighted by atomic mass is 9.84. The SMILES string of the molecule is O=C1C(Br)=C(C2C=CC=C2)C(=O)c2ccccc21. The zero-order valence-electron chi connectivity index (χ0n) is 9.39. The second-order valence-electron chi connectivity index (χ2n) is 4.23. The highest BCUT2D eigenvalue weighted by atomic mass is 79.9. The molecular formula is C15H9BrO2. The van der Waals surface area contributed by atoms with Crippen molar-refractivity contribution in [3.8, 4) is 0 Å². The molecule has 88 valence electrons. The Kier molecular flexibility index (Phi) is 2.63. The molecule has 0 unspecified atom stereocenters. The van der Waals surface area contributed by atoms with Gasteiger partial charge in [-0.1, -0.05) is 48.6 Å². The molecule has 0 aromatic heterocycles. The van der Waals surface area contributed by atoms with E-state index in [2.05, 4.69) is 15.9 Å². The Morgan fingerprint density at radius 1 is 0.889 bits per heavy atom. The first-order chi connectivity index (χ1) is 8.70. The molecule has 0 fully saturated rings. The van der Waals surface area contributed by atoms with Crippen LogP contribution < -0.4 is 0 Å². The van der Waals surface area contributed by atoms with Gasteiger partial charge in [-0.05, 0) is 15.9 Å². The van der Waals surface area contributed by atoms with Crippen molar-refractivity contribution in [2.45, 2.75) is 0 Å². The Balaban J connectivity index is 2.19. The van der Waals surface area contributed by atoms with E-state index in [-0.39, 0.29) is 17.5 Å². The first-order valence-corrected chi connectivity index (χ1v) is 6.42. The lowest BCUT2D eigenvalue weighted by Gasteiger charge is -2.20. The number of benzene rings is 1. The fourth-order valence-corrected chi connectivity index (χ4v) is 2.94. The number of fused-ring (bicyclic) bond motifs is 1. The predicted octanol–water partition coefficient (Wildman–Crippen LogP) is 3.46. The van der Waals surface area contributed by atoms with Crippen LogP contribution in [0.1, 0.15) is 20.7 Å². The van der Waals surface area contributed by atoms with Gasteiger partial charge in [-0.15, -0.1) is 0 Å². The number of allylic oxidation sites excluding steroid dienone is 6. The molecule has 2 nitrogen and oxygen atoms in total. The average Bonchev–Trinajstić information content (AvgIpc) is 2.90. The van der Waals surface area contributed by atoms with Crippen molar-refractivity contribution < 1.29 is 9.59 Å². The molecule has 0 amide bonds. The van der Waals surface area contributed by atoms with E-state index in [9.17, 15) is 9.59 Å². The van der Waals surface area contributed by atoms with Crippen molar-refractivity contribution >= 4 is 27.5 Å². The molecule has 2 aliphatic carbocycles. The second-order valence-corrected chi connectivity index (χ2v) is 5.02. The quantitative estimate of drug-likeness (QED) is 0.796. The molecule has 0 radical (unpaired) electrons. The zero-order valence-corrected chi connectivity index (χ0v) is 11.0. The summed E-state index contributed by atoms with van der Waals surface area (Å²) in [5.74, 6) is -0.295. The lowest BCUT2D eigenvalue weighted by molar-refractivity contribution is 0.0977. The Morgan fingerprint density at radius 3 is 2.06 bits per heavy atom. The highest BCUT2D eigenvalue weighted by Crippen LogP contribution is 2.35. The molecule has 0 saturated heterocycles. The fourth-order valence-electron chi connectivity index (χ4n) is 2.29. The van der Waals surface area contributed by atoms with Gasteiger partial charge in [0.2, 0.25) is 5.78 Å². The third-order valence-corrected chi connectivity index (χ3v) is 3.97. The van der Waals surface area contributed by atoms with E-state index in [1.807, 2.05) is 24.3 Å². The number of ketones is 2. The summed E-state index contributed by atoms with van der Waals surface area (Å²) in [6.45, 7) is 0. The number of hydrogen-bond donors (Lipinski definition) is 0. The Morgan fingerprint density at radius 2 is 1.44 bits per heavy atom. The van der Waals surface area contributed by atoms with Crippen LogP contribution in [-0.2, 0) is 0 Å². The molecule has 0 saturated carbocycles. The van der Waals surface area contributed by atoms with Gasteiger partial charge in [0, 0.05) is 22.6 Å². The molecule has 2 aliphatic rings. The van der Waals surface area contributed by atoms with Crippen molar-refractivity contribution in [1.82, 2.24) is 0 Å². The van der Waals surface area contributed by atoms with Gasteiger partial charge in [-0.3, -0.25) is 9.59 Å². The van der Waals surface area contributed by atoms with E-state index < -0.39 is 0 Å². The molecule has 0 N–H and O–H groups in total. The van der Waals surface area contributed by atoms with Crippen LogP contribution in [0.5, 0.6) is 0 Å². The van der Waals surface area contributed by atoms with Gasteiger partial charge in [-0.25, -0.2) is 0 Å². The summed E-state index contributed by atoms with van der Waals surface area (Å²) >= 11 is 3.28. The Bertz CT molecular complexity index is 638. The maximum Gasteiger partial charge on any atom is 0.201 e. The van der Waals surface area contributed by atoms with Crippen LogP contribution in [-0.4, -0.2) is 11.6 Å². The van der Waals surface area contributed by atoms with Crippen LogP contribution in [0.3, 0.4) is 0 Å². The highest BCUT2D eigenvalue weighted by Gasteiger charge is 2.33. The van der Waals surface area contributed by atoms with E-state index in [0.717, 1.165) is 0 Å². The van der Waals surface area contributed by atoms with Crippen molar-refractivity contribution in [2.24, 2.45) is 5.92 Å². The predicted molar refractivity (Wildman–Crippen MR) is 72.8 cm³/mol. The molecule has 1 aromatic rings. The molecule has 0 spiro atoms. The summed E-state index contributed by atoms with van der Waals surface area (Å²) in [7, 11) is 0. The van der Waals surface area contributed by atoms with Crippen LogP contribution in [0.25, 0.3) is 0 Å². The maximum absolute atomic E-state index is 12.5. The normalized spacial score (nSPS) is 18.7. The molecule has 0 bridgehead atoms. The first kappa shape index (κ1) is 11.4. The van der Waals surface area contributed by atoms with Gasteiger partial charge in [-0.2, -0.15) is 0 Å². The van der Waals surface area contributed by atoms with Crippen LogP contribution in [0.4, 0.5) is 0 Å². The van der Waals surface area contributed by atoms with E-state index in [1.165, 1.54) is 0 Å². The lowest BCUT2D eigenvalue weighted by Crippen LogP contribution is -2.22. The molecule has 0 atom stereocenters. The maximum atomic E-state index is 12.5. The minimum absolute atomic E-state index is 0.0710. The van der Waals surface area contributed by atoms with E-state index in [4.69, 9.17) is 0 Å². The van der Waals surface area contributed by atoms with Gasteiger partial charge in [0.25, 0.3) is 0 Å². The van der Waals surface area contributed by atoms with Crippen molar-refractivity contribution in [3.05, 3.63) is 69.8 Å². The molecule has 1 aromatic carbocycles. The molecule has 0 aliphatic heterocycles. The van der Waals surface area contributed by atoms with Gasteiger partial charge in [0.05, 0.1) is 4.48 Å². The number of Topliss-reactive ketones (excluding diaryl/α,β-unsaturated/α-hetero) is 2. The van der Waals surface area contributed by atoms with Gasteiger partial charge in [0.1, 0.15) is 0 Å². The summed E-state index contributed by atoms with van der Waals surface area (Å²) in [5, 5.41) is 0. The minimum Gasteiger partial charge on any atom is -0.289 e. The summed E-state index contributed by atoms with van der Waals surface area (Å²) in [4.78, 5) is 24.7. The van der Waals surface area contributed by atoms with Gasteiger partial charge in [0.15, 0.2) is 5.78 Å². The van der Waals surface area contributed by atoms with E-state index in [0.29, 0.717) is 21.2 Å². The van der Waals surface area contributed by atoms with Crippen molar-refractivity contribution in [1.29, 1.82) is 0 Å². The zero-order chi connectivity index (χ0) is 12.7. The number of hydrogen-bond acceptors (Lipinski definition) is 2. The van der Waals surface area contributed by atoms with Gasteiger partial charge >= 0.3 is 0 Å². The summed E-state index contributed by atoms with van der Waals surface area (Å²) in [6.07, 6.45) is 7.60. The largest absolute Gasteiger partial charge is 0.289 e. The number of rotatable bonds is 1. The van der Waals surface area contributed by atoms with Crippen LogP contribution >= 0.6 is 15.9 Å². The van der Waals surface area contributed by atoms with Gasteiger partial charge < -0.3 is 0 Å². The van der Waals surface area contributed by atoms with E-state index >= 15 is 0 Å². The average molecular weight is 301 g/mol. The third-order valence-electron chi connectivity index (χ3n) is 3.18. The minimum atomic E-state index is -0.117. The first-order valence-electron chi connectivity index (χ1n) is 5.63. The standard InChI is InChI=1S/C15H9BrO2/c16-13-12(9-5-1-2-6-9)14(17)10-7-3-4-8-11(10)15(13)18/h1-9H. The molecule has 18 heavy (non-hydrogen) atoms.